The highest BCUT2D eigenvalue weighted by molar-refractivity contribution is 5.59. The second-order valence-electron chi connectivity index (χ2n) is 3.46. The summed E-state index contributed by atoms with van der Waals surface area (Å²) in [5.74, 6) is 5.18. The van der Waals surface area contributed by atoms with Gasteiger partial charge in [-0.15, -0.1) is 0 Å². The summed E-state index contributed by atoms with van der Waals surface area (Å²) in [4.78, 5) is 4.60. The molecule has 0 radical (unpaired) electrons. The van der Waals surface area contributed by atoms with Crippen molar-refractivity contribution in [1.82, 2.24) is 0 Å². The molecule has 0 amide bonds. The quantitative estimate of drug-likeness (QED) is 0.640. The van der Waals surface area contributed by atoms with Crippen molar-refractivity contribution in [3.05, 3.63) is 23.8 Å². The standard InChI is InChI=1S/C10H16N2O3/c1-7-4-3-5-9(10(7)14)12(15-11)6-8(2)13/h3-5,8,13-14H,6,11H2,1-2H3. The zero-order valence-corrected chi connectivity index (χ0v) is 8.84. The van der Waals surface area contributed by atoms with Crippen LogP contribution in [-0.2, 0) is 4.94 Å². The van der Waals surface area contributed by atoms with E-state index in [1.54, 1.807) is 32.0 Å². The SMILES string of the molecule is Cc1cccc(N(CC(C)O)ON)c1O. The number of aromatic hydroxyl groups is 1. The normalized spacial score (nSPS) is 12.5. The monoisotopic (exact) mass is 212 g/mol. The number of hydrogen-bond donors (Lipinski definition) is 3. The van der Waals surface area contributed by atoms with Gasteiger partial charge in [-0.2, -0.15) is 10.8 Å². The molecule has 5 heteroatoms. The van der Waals surface area contributed by atoms with Gasteiger partial charge in [-0.1, -0.05) is 12.1 Å². The molecule has 1 aromatic carbocycles. The third-order valence-corrected chi connectivity index (χ3v) is 2.04. The Hall–Kier alpha value is -1.30. The average Bonchev–Trinajstić information content (AvgIpc) is 2.19. The Morgan fingerprint density at radius 2 is 2.20 bits per heavy atom. The number of aliphatic hydroxyl groups is 1. The van der Waals surface area contributed by atoms with Crippen LogP contribution in [0.4, 0.5) is 5.69 Å². The number of rotatable bonds is 4. The van der Waals surface area contributed by atoms with Gasteiger partial charge in [0.05, 0.1) is 12.6 Å². The number of aryl methyl sites for hydroxylation is 1. The van der Waals surface area contributed by atoms with E-state index >= 15 is 0 Å². The number of phenolic OH excluding ortho intramolecular Hbond substituents is 1. The number of phenols is 1. The van der Waals surface area contributed by atoms with Gasteiger partial charge in [-0.05, 0) is 25.5 Å². The van der Waals surface area contributed by atoms with E-state index in [4.69, 9.17) is 5.90 Å². The smallest absolute Gasteiger partial charge is 0.144 e. The minimum absolute atomic E-state index is 0.101. The van der Waals surface area contributed by atoms with Crippen LogP contribution in [0.2, 0.25) is 0 Å². The Labute approximate surface area is 88.6 Å². The first-order valence-corrected chi connectivity index (χ1v) is 4.67. The minimum atomic E-state index is -0.603. The highest BCUT2D eigenvalue weighted by Crippen LogP contribution is 2.30. The minimum Gasteiger partial charge on any atom is -0.505 e. The first kappa shape index (κ1) is 11.8. The van der Waals surface area contributed by atoms with Gasteiger partial charge in [-0.3, -0.25) is 0 Å². The van der Waals surface area contributed by atoms with Gasteiger partial charge < -0.3 is 10.2 Å². The number of hydroxylamine groups is 1. The van der Waals surface area contributed by atoms with Crippen LogP contribution in [0.25, 0.3) is 0 Å². The molecule has 0 saturated heterocycles. The van der Waals surface area contributed by atoms with Crippen molar-refractivity contribution in [2.75, 3.05) is 11.6 Å². The predicted molar refractivity (Wildman–Crippen MR) is 57.1 cm³/mol. The first-order valence-electron chi connectivity index (χ1n) is 4.67. The summed E-state index contributed by atoms with van der Waals surface area (Å²) in [5.41, 5.74) is 1.17. The lowest BCUT2D eigenvalue weighted by Crippen LogP contribution is -2.33. The van der Waals surface area contributed by atoms with Crippen molar-refractivity contribution in [2.24, 2.45) is 5.90 Å². The first-order chi connectivity index (χ1) is 7.06. The van der Waals surface area contributed by atoms with E-state index in [0.29, 0.717) is 5.69 Å². The summed E-state index contributed by atoms with van der Waals surface area (Å²) in [7, 11) is 0. The fourth-order valence-corrected chi connectivity index (χ4v) is 1.28. The predicted octanol–water partition coefficient (Wildman–Crippen LogP) is 0.693. The molecule has 0 saturated carbocycles. The summed E-state index contributed by atoms with van der Waals surface area (Å²) in [6.07, 6.45) is -0.603. The molecule has 0 bridgehead atoms. The largest absolute Gasteiger partial charge is 0.505 e. The maximum absolute atomic E-state index is 9.75. The molecule has 1 atom stereocenters. The number of nitrogens with zero attached hydrogens (tertiary/aromatic N) is 1. The van der Waals surface area contributed by atoms with Crippen molar-refractivity contribution in [3.8, 4) is 5.75 Å². The fraction of sp³-hybridized carbons (Fsp3) is 0.400. The van der Waals surface area contributed by atoms with E-state index in [0.717, 1.165) is 5.56 Å². The van der Waals surface area contributed by atoms with Crippen LogP contribution >= 0.6 is 0 Å². The number of nitrogens with two attached hydrogens (primary N) is 1. The molecule has 0 aliphatic heterocycles. The molecule has 0 spiro atoms. The highest BCUT2D eigenvalue weighted by atomic mass is 16.8. The lowest BCUT2D eigenvalue weighted by molar-refractivity contribution is 0.0777. The molecule has 15 heavy (non-hydrogen) atoms. The molecular weight excluding hydrogens is 196 g/mol. The lowest BCUT2D eigenvalue weighted by atomic mass is 10.2. The van der Waals surface area contributed by atoms with Gasteiger partial charge in [0.1, 0.15) is 11.4 Å². The number of para-hydroxylation sites is 1. The number of anilines is 1. The van der Waals surface area contributed by atoms with Crippen molar-refractivity contribution < 1.29 is 15.2 Å². The molecule has 84 valence electrons. The Kier molecular flexibility index (Phi) is 3.90. The van der Waals surface area contributed by atoms with E-state index < -0.39 is 6.10 Å². The maximum atomic E-state index is 9.75. The Morgan fingerprint density at radius 1 is 1.53 bits per heavy atom. The average molecular weight is 212 g/mol. The number of hydrogen-bond acceptors (Lipinski definition) is 5. The fourth-order valence-electron chi connectivity index (χ4n) is 1.28. The second kappa shape index (κ2) is 4.97. The Morgan fingerprint density at radius 3 is 2.73 bits per heavy atom. The van der Waals surface area contributed by atoms with E-state index in [1.807, 2.05) is 0 Å². The molecular formula is C10H16N2O3. The van der Waals surface area contributed by atoms with Gasteiger partial charge in [-0.25, -0.2) is 5.06 Å². The van der Waals surface area contributed by atoms with Crippen molar-refractivity contribution in [1.29, 1.82) is 0 Å². The Balaban J connectivity index is 2.96. The highest BCUT2D eigenvalue weighted by Gasteiger charge is 2.14. The molecule has 1 aromatic rings. The van der Waals surface area contributed by atoms with Crippen LogP contribution in [0.5, 0.6) is 5.75 Å². The van der Waals surface area contributed by atoms with Gasteiger partial charge in [0.2, 0.25) is 0 Å². The van der Waals surface area contributed by atoms with Crippen molar-refractivity contribution in [2.45, 2.75) is 20.0 Å². The van der Waals surface area contributed by atoms with Crippen molar-refractivity contribution >= 4 is 5.69 Å². The van der Waals surface area contributed by atoms with E-state index in [1.165, 1.54) is 5.06 Å². The molecule has 0 fully saturated rings. The number of benzene rings is 1. The van der Waals surface area contributed by atoms with Crippen LogP contribution in [0.3, 0.4) is 0 Å². The number of aliphatic hydroxyl groups excluding tert-OH is 1. The van der Waals surface area contributed by atoms with E-state index in [2.05, 4.69) is 4.94 Å². The van der Waals surface area contributed by atoms with Crippen molar-refractivity contribution in [3.63, 3.8) is 0 Å². The van der Waals surface area contributed by atoms with Crippen LogP contribution in [0.15, 0.2) is 18.2 Å². The van der Waals surface area contributed by atoms with Crippen LogP contribution < -0.4 is 11.0 Å². The topological polar surface area (TPSA) is 79.0 Å². The van der Waals surface area contributed by atoms with Crippen LogP contribution in [-0.4, -0.2) is 22.9 Å². The van der Waals surface area contributed by atoms with E-state index in [9.17, 15) is 10.2 Å². The second-order valence-corrected chi connectivity index (χ2v) is 3.46. The summed E-state index contributed by atoms with van der Waals surface area (Å²) in [5, 5.41) is 20.2. The molecule has 0 aromatic heterocycles. The molecule has 0 heterocycles. The molecule has 0 aliphatic rings. The van der Waals surface area contributed by atoms with Crippen LogP contribution in [0, 0.1) is 6.92 Å². The third-order valence-electron chi connectivity index (χ3n) is 2.04. The maximum Gasteiger partial charge on any atom is 0.144 e. The lowest BCUT2D eigenvalue weighted by Gasteiger charge is -2.23. The summed E-state index contributed by atoms with van der Waals surface area (Å²) in [6.45, 7) is 3.57. The summed E-state index contributed by atoms with van der Waals surface area (Å²) < 4.78 is 0. The van der Waals surface area contributed by atoms with Gasteiger partial charge in [0, 0.05) is 0 Å². The summed E-state index contributed by atoms with van der Waals surface area (Å²) >= 11 is 0. The molecule has 5 nitrogen and oxygen atoms in total. The molecule has 4 N–H and O–H groups in total. The van der Waals surface area contributed by atoms with Crippen LogP contribution in [0.1, 0.15) is 12.5 Å². The Bertz CT molecular complexity index is 328. The molecule has 0 aliphatic carbocycles. The zero-order chi connectivity index (χ0) is 11.4. The van der Waals surface area contributed by atoms with E-state index in [-0.39, 0.29) is 12.3 Å². The van der Waals surface area contributed by atoms with Gasteiger partial charge >= 0.3 is 0 Å². The summed E-state index contributed by atoms with van der Waals surface area (Å²) in [6, 6.07) is 5.21. The molecule has 1 unspecified atom stereocenters. The third kappa shape index (κ3) is 2.82. The van der Waals surface area contributed by atoms with Gasteiger partial charge in [0.15, 0.2) is 0 Å². The van der Waals surface area contributed by atoms with Gasteiger partial charge in [0.25, 0.3) is 0 Å². The zero-order valence-electron chi connectivity index (χ0n) is 8.84. The molecule has 1 rings (SSSR count).